The molecule has 0 aromatic heterocycles. The maximum atomic E-state index is 10.6. The van der Waals surface area contributed by atoms with Crippen molar-refractivity contribution in [2.45, 2.75) is 26.2 Å². The molecular weight excluding hydrogens is 576 g/mol. The Hall–Kier alpha value is -1.71. The van der Waals surface area contributed by atoms with Crippen LogP contribution in [0.5, 0.6) is 5.75 Å². The lowest BCUT2D eigenvalue weighted by atomic mass is 10.2. The van der Waals surface area contributed by atoms with Gasteiger partial charge in [-0.1, -0.05) is 19.8 Å². The Balaban J connectivity index is 1.64. The molecule has 0 aliphatic rings. The molecule has 12 nitrogen and oxygen atoms in total. The average molecular weight is 633 g/mol. The molecule has 0 bridgehead atoms. The summed E-state index contributed by atoms with van der Waals surface area (Å²) in [5.41, 5.74) is 0.620. The third kappa shape index (κ3) is 29.0. The van der Waals surface area contributed by atoms with E-state index in [4.69, 9.17) is 52.1 Å². The first-order chi connectivity index (χ1) is 21.9. The highest BCUT2D eigenvalue weighted by Gasteiger charge is 1.97. The minimum absolute atomic E-state index is 0.433. The van der Waals surface area contributed by atoms with Gasteiger partial charge in [0.1, 0.15) is 18.6 Å². The van der Waals surface area contributed by atoms with Crippen LogP contribution in [0.2, 0.25) is 0 Å². The van der Waals surface area contributed by atoms with Gasteiger partial charge in [0.25, 0.3) is 0 Å². The molecular formula is C32H56O12. The number of ether oxygens (including phenoxy) is 11. The fraction of sp³-hybridized carbons (Fsp3) is 0.781. The van der Waals surface area contributed by atoms with Gasteiger partial charge in [0, 0.05) is 12.2 Å². The summed E-state index contributed by atoms with van der Waals surface area (Å²) in [5.74, 6) is 0.706. The van der Waals surface area contributed by atoms with Crippen molar-refractivity contribution in [1.82, 2.24) is 0 Å². The van der Waals surface area contributed by atoms with Gasteiger partial charge in [0.15, 0.2) is 0 Å². The summed E-state index contributed by atoms with van der Waals surface area (Å²) in [4.78, 5) is 10.6. The molecule has 0 heterocycles. The van der Waals surface area contributed by atoms with Crippen molar-refractivity contribution < 1.29 is 56.9 Å². The molecule has 0 fully saturated rings. The van der Waals surface area contributed by atoms with Gasteiger partial charge in [-0.05, 0) is 30.7 Å². The third-order valence-electron chi connectivity index (χ3n) is 5.75. The Morgan fingerprint density at radius 3 is 1.00 bits per heavy atom. The standard InChI is InChI=1S/C32H56O12/c1-2-3-4-9-34-10-11-35-12-13-36-14-15-37-16-17-38-18-19-39-20-21-40-22-23-41-24-25-42-26-27-43-28-29-44-32-7-5-31(30-33)6-8-32/h5-8,30H,2-4,9-29H2,1H3. The number of carbonyl (C=O) groups is 1. The number of aldehydes is 1. The zero-order valence-corrected chi connectivity index (χ0v) is 26.8. The fourth-order valence-electron chi connectivity index (χ4n) is 3.40. The Morgan fingerprint density at radius 2 is 0.705 bits per heavy atom. The predicted octanol–water partition coefficient (Wildman–Crippen LogP) is 3.23. The summed E-state index contributed by atoms with van der Waals surface area (Å²) in [6.45, 7) is 13.4. The molecule has 0 saturated heterocycles. The minimum atomic E-state index is 0.433. The first-order valence-electron chi connectivity index (χ1n) is 15.8. The van der Waals surface area contributed by atoms with E-state index in [2.05, 4.69) is 6.92 Å². The maximum Gasteiger partial charge on any atom is 0.150 e. The highest BCUT2D eigenvalue weighted by atomic mass is 16.6. The Labute approximate surface area is 263 Å². The van der Waals surface area contributed by atoms with Gasteiger partial charge < -0.3 is 52.1 Å². The van der Waals surface area contributed by atoms with Gasteiger partial charge in [0.2, 0.25) is 0 Å². The Morgan fingerprint density at radius 1 is 0.409 bits per heavy atom. The molecule has 0 N–H and O–H groups in total. The van der Waals surface area contributed by atoms with Gasteiger partial charge in [-0.15, -0.1) is 0 Å². The van der Waals surface area contributed by atoms with Gasteiger partial charge in [-0.3, -0.25) is 4.79 Å². The van der Waals surface area contributed by atoms with Crippen LogP contribution in [0, 0.1) is 0 Å². The Kier molecular flexibility index (Phi) is 31.3. The van der Waals surface area contributed by atoms with Crippen LogP contribution in [0.1, 0.15) is 36.5 Å². The van der Waals surface area contributed by atoms with Crippen molar-refractivity contribution in [3.63, 3.8) is 0 Å². The second-order valence-corrected chi connectivity index (χ2v) is 9.37. The average Bonchev–Trinajstić information content (AvgIpc) is 3.05. The van der Waals surface area contributed by atoms with E-state index in [9.17, 15) is 4.79 Å². The van der Waals surface area contributed by atoms with Gasteiger partial charge in [-0.2, -0.15) is 0 Å². The van der Waals surface area contributed by atoms with E-state index in [0.717, 1.165) is 19.3 Å². The molecule has 256 valence electrons. The van der Waals surface area contributed by atoms with Crippen molar-refractivity contribution in [2.75, 3.05) is 139 Å². The molecule has 1 rings (SSSR count). The van der Waals surface area contributed by atoms with Crippen molar-refractivity contribution in [2.24, 2.45) is 0 Å². The monoisotopic (exact) mass is 632 g/mol. The van der Waals surface area contributed by atoms with E-state index in [1.54, 1.807) is 24.3 Å². The van der Waals surface area contributed by atoms with E-state index in [1.165, 1.54) is 12.8 Å². The fourth-order valence-corrected chi connectivity index (χ4v) is 3.40. The van der Waals surface area contributed by atoms with Crippen LogP contribution in [0.15, 0.2) is 24.3 Å². The molecule has 0 aliphatic carbocycles. The number of rotatable bonds is 36. The molecule has 0 radical (unpaired) electrons. The SMILES string of the molecule is CCCCCOCCOCCOCCOCCOCCOCCOCCOCCOCCOCCOc1ccc(C=O)cc1. The predicted molar refractivity (Wildman–Crippen MR) is 165 cm³/mol. The lowest BCUT2D eigenvalue weighted by Gasteiger charge is -2.09. The smallest absolute Gasteiger partial charge is 0.150 e. The van der Waals surface area contributed by atoms with Crippen LogP contribution in [0.25, 0.3) is 0 Å². The largest absolute Gasteiger partial charge is 0.491 e. The normalized spacial score (nSPS) is 11.3. The number of hydrogen-bond donors (Lipinski definition) is 0. The van der Waals surface area contributed by atoms with Crippen molar-refractivity contribution in [3.8, 4) is 5.75 Å². The summed E-state index contributed by atoms with van der Waals surface area (Å²) >= 11 is 0. The van der Waals surface area contributed by atoms with Crippen LogP contribution in [-0.2, 0) is 47.4 Å². The molecule has 12 heteroatoms. The number of unbranched alkanes of at least 4 members (excludes halogenated alkanes) is 2. The lowest BCUT2D eigenvalue weighted by Crippen LogP contribution is -2.15. The molecule has 0 saturated carbocycles. The van der Waals surface area contributed by atoms with Crippen LogP contribution in [0.3, 0.4) is 0 Å². The van der Waals surface area contributed by atoms with E-state index >= 15 is 0 Å². The van der Waals surface area contributed by atoms with Crippen molar-refractivity contribution in [3.05, 3.63) is 29.8 Å². The zero-order valence-electron chi connectivity index (χ0n) is 26.8. The van der Waals surface area contributed by atoms with Crippen LogP contribution in [-0.4, -0.2) is 145 Å². The van der Waals surface area contributed by atoms with E-state index in [-0.39, 0.29) is 0 Å². The second kappa shape index (κ2) is 34.2. The molecule has 44 heavy (non-hydrogen) atoms. The summed E-state index contributed by atoms with van der Waals surface area (Å²) in [6.07, 6.45) is 4.34. The quantitative estimate of drug-likeness (QED) is 0.0798. The molecule has 1 aromatic rings. The Bertz CT molecular complexity index is 707. The van der Waals surface area contributed by atoms with E-state index < -0.39 is 0 Å². The third-order valence-corrected chi connectivity index (χ3v) is 5.75. The molecule has 0 unspecified atom stereocenters. The summed E-state index contributed by atoms with van der Waals surface area (Å²) in [5, 5.41) is 0. The number of carbonyl (C=O) groups excluding carboxylic acids is 1. The van der Waals surface area contributed by atoms with E-state index in [1.807, 2.05) is 0 Å². The lowest BCUT2D eigenvalue weighted by molar-refractivity contribution is -0.0267. The molecule has 0 atom stereocenters. The van der Waals surface area contributed by atoms with Gasteiger partial charge in [-0.25, -0.2) is 0 Å². The van der Waals surface area contributed by atoms with Gasteiger partial charge in [0.05, 0.1) is 126 Å². The van der Waals surface area contributed by atoms with Crippen LogP contribution < -0.4 is 4.74 Å². The second-order valence-electron chi connectivity index (χ2n) is 9.37. The molecule has 0 aliphatic heterocycles. The first-order valence-corrected chi connectivity index (χ1v) is 15.8. The van der Waals surface area contributed by atoms with Crippen molar-refractivity contribution in [1.29, 1.82) is 0 Å². The summed E-state index contributed by atoms with van der Waals surface area (Å²) in [7, 11) is 0. The van der Waals surface area contributed by atoms with Crippen molar-refractivity contribution >= 4 is 6.29 Å². The van der Waals surface area contributed by atoms with Crippen LogP contribution >= 0.6 is 0 Å². The van der Waals surface area contributed by atoms with E-state index in [0.29, 0.717) is 143 Å². The molecule has 1 aromatic carbocycles. The first kappa shape index (κ1) is 40.3. The topological polar surface area (TPSA) is 119 Å². The number of benzene rings is 1. The van der Waals surface area contributed by atoms with Gasteiger partial charge >= 0.3 is 0 Å². The van der Waals surface area contributed by atoms with Crippen LogP contribution in [0.4, 0.5) is 0 Å². The summed E-state index contributed by atoms with van der Waals surface area (Å²) < 4.78 is 60.2. The molecule has 0 spiro atoms. The maximum absolute atomic E-state index is 10.6. The minimum Gasteiger partial charge on any atom is -0.491 e. The highest BCUT2D eigenvalue weighted by Crippen LogP contribution is 2.10. The zero-order chi connectivity index (χ0) is 31.4. The number of hydrogen-bond acceptors (Lipinski definition) is 12. The highest BCUT2D eigenvalue weighted by molar-refractivity contribution is 5.74. The molecule has 0 amide bonds. The summed E-state index contributed by atoms with van der Waals surface area (Å²) in [6, 6.07) is 6.94.